The first-order valence-electron chi connectivity index (χ1n) is 4.01. The highest BCUT2D eigenvalue weighted by molar-refractivity contribution is 5.39. The number of aliphatic hydroxyl groups is 1. The topological polar surface area (TPSA) is 45.1 Å². The van der Waals surface area contributed by atoms with Gasteiger partial charge in [-0.3, -0.25) is 0 Å². The van der Waals surface area contributed by atoms with Crippen LogP contribution in [0.25, 0.3) is 0 Å². The van der Waals surface area contributed by atoms with Crippen molar-refractivity contribution in [2.75, 3.05) is 12.4 Å². The minimum atomic E-state index is -1.18. The lowest BCUT2D eigenvalue weighted by molar-refractivity contribution is 0.0744. The number of rotatable bonds is 2. The average molecular weight is 184 g/mol. The van der Waals surface area contributed by atoms with Crippen LogP contribution in [0.3, 0.4) is 0 Å². The Hall–Kier alpha value is -1.16. The molecule has 3 nitrogen and oxygen atoms in total. The standard InChI is InChI=1S/C9H13FN2O/c1-9(2,13)6-4-8(11-3)12-5-7(6)10/h4-5,13H,1-3H3,(H,11,12). The van der Waals surface area contributed by atoms with E-state index in [2.05, 4.69) is 10.3 Å². The molecule has 0 aliphatic carbocycles. The maximum Gasteiger partial charge on any atom is 0.147 e. The van der Waals surface area contributed by atoms with E-state index >= 15 is 0 Å². The largest absolute Gasteiger partial charge is 0.386 e. The first-order chi connectivity index (χ1) is 5.95. The van der Waals surface area contributed by atoms with Crippen molar-refractivity contribution in [3.05, 3.63) is 23.6 Å². The second-order valence-electron chi connectivity index (χ2n) is 3.36. The molecule has 72 valence electrons. The van der Waals surface area contributed by atoms with Crippen LogP contribution in [0.5, 0.6) is 0 Å². The van der Waals surface area contributed by atoms with Crippen molar-refractivity contribution < 1.29 is 9.50 Å². The summed E-state index contributed by atoms with van der Waals surface area (Å²) >= 11 is 0. The number of halogens is 1. The fourth-order valence-corrected chi connectivity index (χ4v) is 1.04. The fourth-order valence-electron chi connectivity index (χ4n) is 1.04. The molecule has 0 spiro atoms. The summed E-state index contributed by atoms with van der Waals surface area (Å²) in [7, 11) is 1.69. The minimum Gasteiger partial charge on any atom is -0.386 e. The Morgan fingerprint density at radius 2 is 2.15 bits per heavy atom. The van der Waals surface area contributed by atoms with Gasteiger partial charge in [-0.2, -0.15) is 0 Å². The Morgan fingerprint density at radius 3 is 2.62 bits per heavy atom. The zero-order chi connectivity index (χ0) is 10.1. The monoisotopic (exact) mass is 184 g/mol. The predicted octanol–water partition coefficient (Wildman–Crippen LogP) is 1.49. The van der Waals surface area contributed by atoms with Gasteiger partial charge >= 0.3 is 0 Å². The molecule has 1 heterocycles. The van der Waals surface area contributed by atoms with E-state index < -0.39 is 11.4 Å². The lowest BCUT2D eigenvalue weighted by Crippen LogP contribution is -2.18. The fraction of sp³-hybridized carbons (Fsp3) is 0.444. The quantitative estimate of drug-likeness (QED) is 0.732. The average Bonchev–Trinajstić information content (AvgIpc) is 2.03. The molecule has 0 aliphatic heterocycles. The van der Waals surface area contributed by atoms with E-state index in [4.69, 9.17) is 0 Å². The smallest absolute Gasteiger partial charge is 0.147 e. The third-order valence-corrected chi connectivity index (χ3v) is 1.77. The van der Waals surface area contributed by atoms with Gasteiger partial charge in [0.2, 0.25) is 0 Å². The Balaban J connectivity index is 3.19. The van der Waals surface area contributed by atoms with Gasteiger partial charge in [-0.25, -0.2) is 9.37 Å². The predicted molar refractivity (Wildman–Crippen MR) is 49.0 cm³/mol. The summed E-state index contributed by atoms with van der Waals surface area (Å²) < 4.78 is 13.2. The van der Waals surface area contributed by atoms with Crippen molar-refractivity contribution in [2.45, 2.75) is 19.4 Å². The Morgan fingerprint density at radius 1 is 1.54 bits per heavy atom. The van der Waals surface area contributed by atoms with Gasteiger partial charge in [0.1, 0.15) is 11.6 Å². The third-order valence-electron chi connectivity index (χ3n) is 1.77. The Labute approximate surface area is 76.6 Å². The molecule has 0 unspecified atom stereocenters. The SMILES string of the molecule is CNc1cc(C(C)(C)O)c(F)cn1. The molecule has 4 heteroatoms. The van der Waals surface area contributed by atoms with Crippen LogP contribution < -0.4 is 5.32 Å². The first-order valence-corrected chi connectivity index (χ1v) is 4.01. The number of hydrogen-bond acceptors (Lipinski definition) is 3. The van der Waals surface area contributed by atoms with Crippen molar-refractivity contribution in [2.24, 2.45) is 0 Å². The molecule has 0 saturated carbocycles. The van der Waals surface area contributed by atoms with Crippen LogP contribution in [-0.4, -0.2) is 17.1 Å². The second kappa shape index (κ2) is 3.30. The van der Waals surface area contributed by atoms with E-state index in [0.29, 0.717) is 5.82 Å². The van der Waals surface area contributed by atoms with Crippen LogP contribution >= 0.6 is 0 Å². The van der Waals surface area contributed by atoms with Crippen molar-refractivity contribution in [1.29, 1.82) is 0 Å². The highest BCUT2D eigenvalue weighted by Gasteiger charge is 2.21. The molecule has 0 atom stereocenters. The Bertz CT molecular complexity index is 307. The lowest BCUT2D eigenvalue weighted by Gasteiger charge is -2.18. The molecule has 0 aromatic carbocycles. The molecule has 13 heavy (non-hydrogen) atoms. The number of nitrogens with one attached hydrogen (secondary N) is 1. The van der Waals surface area contributed by atoms with Gasteiger partial charge in [-0.05, 0) is 19.9 Å². The molecular formula is C9H13FN2O. The molecule has 0 amide bonds. The number of nitrogens with zero attached hydrogens (tertiary/aromatic N) is 1. The van der Waals surface area contributed by atoms with Crippen LogP contribution in [0.4, 0.5) is 10.2 Å². The van der Waals surface area contributed by atoms with Gasteiger partial charge < -0.3 is 10.4 Å². The van der Waals surface area contributed by atoms with Crippen molar-refractivity contribution in [3.8, 4) is 0 Å². The molecule has 2 N–H and O–H groups in total. The van der Waals surface area contributed by atoms with Crippen LogP contribution in [0.2, 0.25) is 0 Å². The van der Waals surface area contributed by atoms with Crippen molar-refractivity contribution >= 4 is 5.82 Å². The maximum absolute atomic E-state index is 13.2. The van der Waals surface area contributed by atoms with E-state index in [9.17, 15) is 9.50 Å². The third kappa shape index (κ3) is 2.15. The number of aromatic nitrogens is 1. The lowest BCUT2D eigenvalue weighted by atomic mass is 9.99. The zero-order valence-corrected chi connectivity index (χ0v) is 7.93. The maximum atomic E-state index is 13.2. The molecule has 0 bridgehead atoms. The number of hydrogen-bond donors (Lipinski definition) is 2. The van der Waals surface area contributed by atoms with Gasteiger partial charge in [0, 0.05) is 12.6 Å². The van der Waals surface area contributed by atoms with Crippen molar-refractivity contribution in [1.82, 2.24) is 4.98 Å². The first kappa shape index (κ1) is 9.92. The van der Waals surface area contributed by atoms with Gasteiger partial charge in [-0.1, -0.05) is 0 Å². The summed E-state index contributed by atoms with van der Waals surface area (Å²) in [5.41, 5.74) is -0.939. The summed E-state index contributed by atoms with van der Waals surface area (Å²) in [6.07, 6.45) is 1.10. The van der Waals surface area contributed by atoms with Gasteiger partial charge in [0.05, 0.1) is 11.8 Å². The molecule has 0 fully saturated rings. The zero-order valence-electron chi connectivity index (χ0n) is 7.93. The van der Waals surface area contributed by atoms with Crippen LogP contribution in [0.15, 0.2) is 12.3 Å². The van der Waals surface area contributed by atoms with Crippen LogP contribution in [-0.2, 0) is 5.60 Å². The number of anilines is 1. The van der Waals surface area contributed by atoms with Gasteiger partial charge in [0.15, 0.2) is 0 Å². The minimum absolute atomic E-state index is 0.242. The van der Waals surface area contributed by atoms with E-state index in [1.54, 1.807) is 7.05 Å². The summed E-state index contributed by atoms with van der Waals surface area (Å²) in [6.45, 7) is 3.07. The van der Waals surface area contributed by atoms with Crippen LogP contribution in [0.1, 0.15) is 19.4 Å². The van der Waals surface area contributed by atoms with Crippen molar-refractivity contribution in [3.63, 3.8) is 0 Å². The van der Waals surface area contributed by atoms with E-state index in [1.807, 2.05) is 0 Å². The molecular weight excluding hydrogens is 171 g/mol. The highest BCUT2D eigenvalue weighted by atomic mass is 19.1. The van der Waals surface area contributed by atoms with E-state index in [1.165, 1.54) is 19.9 Å². The van der Waals surface area contributed by atoms with E-state index in [-0.39, 0.29) is 5.56 Å². The Kier molecular flexibility index (Phi) is 2.52. The number of pyridine rings is 1. The van der Waals surface area contributed by atoms with Crippen LogP contribution in [0, 0.1) is 5.82 Å². The summed E-state index contributed by atoms with van der Waals surface area (Å²) in [6, 6.07) is 1.50. The molecule has 0 radical (unpaired) electrons. The molecule has 1 rings (SSSR count). The second-order valence-corrected chi connectivity index (χ2v) is 3.36. The highest BCUT2D eigenvalue weighted by Crippen LogP contribution is 2.23. The summed E-state index contributed by atoms with van der Waals surface area (Å²) in [5, 5.41) is 12.4. The summed E-state index contributed by atoms with van der Waals surface area (Å²) in [4.78, 5) is 3.77. The molecule has 1 aromatic rings. The van der Waals surface area contributed by atoms with Gasteiger partial charge in [-0.15, -0.1) is 0 Å². The molecule has 0 saturated heterocycles. The van der Waals surface area contributed by atoms with E-state index in [0.717, 1.165) is 6.20 Å². The van der Waals surface area contributed by atoms with Gasteiger partial charge in [0.25, 0.3) is 0 Å². The summed E-state index contributed by atoms with van der Waals surface area (Å²) in [5.74, 6) is 0.0463. The molecule has 0 aliphatic rings. The normalized spacial score (nSPS) is 11.5. The molecule has 1 aromatic heterocycles.